The SMILES string of the molecule is COCC(=O)ON(C(=O)NN(C)C)C1c2ccccc2Oc2ccccc21. The fourth-order valence-electron chi connectivity index (χ4n) is 2.84. The molecule has 0 spiro atoms. The highest BCUT2D eigenvalue weighted by molar-refractivity contribution is 5.78. The number of carbonyl (C=O) groups excluding carboxylic acids is 2. The lowest BCUT2D eigenvalue weighted by molar-refractivity contribution is -0.188. The molecule has 0 aliphatic carbocycles. The number of urea groups is 1. The van der Waals surface area contributed by atoms with Crippen LogP contribution in [0.15, 0.2) is 48.5 Å². The predicted octanol–water partition coefficient (Wildman–Crippen LogP) is 2.47. The van der Waals surface area contributed by atoms with E-state index in [0.29, 0.717) is 22.6 Å². The number of benzene rings is 2. The summed E-state index contributed by atoms with van der Waals surface area (Å²) in [6, 6.07) is 13.3. The molecule has 0 saturated heterocycles. The van der Waals surface area contributed by atoms with Crippen LogP contribution in [0.4, 0.5) is 4.79 Å². The first kappa shape index (κ1) is 18.7. The molecule has 2 amide bonds. The lowest BCUT2D eigenvalue weighted by Gasteiger charge is -2.35. The van der Waals surface area contributed by atoms with E-state index in [4.69, 9.17) is 14.3 Å². The standard InChI is InChI=1S/C19H21N3O5/c1-21(2)20-19(24)22(27-17(23)12-25-3)18-13-8-4-6-10-15(13)26-16-11-7-5-9-14(16)18/h4-11,18H,12H2,1-3H3,(H,20,24). The quantitative estimate of drug-likeness (QED) is 0.832. The van der Waals surface area contributed by atoms with Gasteiger partial charge in [0.05, 0.1) is 0 Å². The summed E-state index contributed by atoms with van der Waals surface area (Å²) in [5.41, 5.74) is 4.02. The van der Waals surface area contributed by atoms with Crippen molar-refractivity contribution in [3.63, 3.8) is 0 Å². The van der Waals surface area contributed by atoms with E-state index >= 15 is 0 Å². The Morgan fingerprint density at radius 3 is 2.11 bits per heavy atom. The van der Waals surface area contributed by atoms with Crippen molar-refractivity contribution < 1.29 is 23.9 Å². The van der Waals surface area contributed by atoms with Gasteiger partial charge in [0.2, 0.25) is 0 Å². The number of hydrazine groups is 1. The highest BCUT2D eigenvalue weighted by Crippen LogP contribution is 2.45. The maximum atomic E-state index is 12.8. The Morgan fingerprint density at radius 2 is 1.59 bits per heavy atom. The summed E-state index contributed by atoms with van der Waals surface area (Å²) in [6.07, 6.45) is 0. The number of nitrogens with one attached hydrogen (secondary N) is 1. The maximum absolute atomic E-state index is 12.8. The average molecular weight is 371 g/mol. The summed E-state index contributed by atoms with van der Waals surface area (Å²) < 4.78 is 10.8. The minimum atomic E-state index is -0.687. The van der Waals surface area contributed by atoms with E-state index in [2.05, 4.69) is 5.43 Å². The van der Waals surface area contributed by atoms with Gasteiger partial charge in [0.15, 0.2) is 0 Å². The number of hydrogen-bond acceptors (Lipinski definition) is 6. The van der Waals surface area contributed by atoms with Crippen molar-refractivity contribution in [3.05, 3.63) is 59.7 Å². The Bertz CT molecular complexity index is 794. The van der Waals surface area contributed by atoms with E-state index in [0.717, 1.165) is 5.06 Å². The molecule has 8 heteroatoms. The molecule has 0 atom stereocenters. The highest BCUT2D eigenvalue weighted by Gasteiger charge is 2.37. The minimum absolute atomic E-state index is 0.280. The van der Waals surface area contributed by atoms with Crippen LogP contribution >= 0.6 is 0 Å². The molecule has 1 aliphatic heterocycles. The van der Waals surface area contributed by atoms with Crippen molar-refractivity contribution in [2.24, 2.45) is 0 Å². The van der Waals surface area contributed by atoms with Gasteiger partial charge < -0.3 is 14.3 Å². The van der Waals surface area contributed by atoms with Crippen LogP contribution in [0.25, 0.3) is 0 Å². The summed E-state index contributed by atoms with van der Waals surface area (Å²) in [4.78, 5) is 30.3. The summed E-state index contributed by atoms with van der Waals surface area (Å²) in [5.74, 6) is 0.492. The number of hydroxylamine groups is 2. The van der Waals surface area contributed by atoms with Crippen LogP contribution in [0.1, 0.15) is 17.2 Å². The minimum Gasteiger partial charge on any atom is -0.457 e. The number of para-hydroxylation sites is 2. The molecule has 2 aromatic rings. The lowest BCUT2D eigenvalue weighted by atomic mass is 9.94. The van der Waals surface area contributed by atoms with Gasteiger partial charge in [0.25, 0.3) is 0 Å². The first-order valence-electron chi connectivity index (χ1n) is 8.34. The molecule has 1 aliphatic rings. The van der Waals surface area contributed by atoms with Crippen molar-refractivity contribution in [1.29, 1.82) is 0 Å². The van der Waals surface area contributed by atoms with Crippen molar-refractivity contribution in [1.82, 2.24) is 15.5 Å². The fourth-order valence-corrected chi connectivity index (χ4v) is 2.84. The molecule has 1 N–H and O–H groups in total. The molecule has 0 saturated carbocycles. The number of nitrogens with zero attached hydrogens (tertiary/aromatic N) is 2. The van der Waals surface area contributed by atoms with Crippen molar-refractivity contribution >= 4 is 12.0 Å². The number of ether oxygens (including phenoxy) is 2. The Morgan fingerprint density at radius 1 is 1.04 bits per heavy atom. The zero-order valence-corrected chi connectivity index (χ0v) is 15.3. The van der Waals surface area contributed by atoms with E-state index in [1.807, 2.05) is 36.4 Å². The number of carbonyl (C=O) groups is 2. The van der Waals surface area contributed by atoms with Crippen molar-refractivity contribution in [3.8, 4) is 11.5 Å². The van der Waals surface area contributed by atoms with Gasteiger partial charge in [0, 0.05) is 32.3 Å². The third kappa shape index (κ3) is 4.02. The third-order valence-corrected chi connectivity index (χ3v) is 3.86. The zero-order valence-electron chi connectivity index (χ0n) is 15.3. The Balaban J connectivity index is 2.07. The molecular formula is C19H21N3O5. The van der Waals surface area contributed by atoms with E-state index in [-0.39, 0.29) is 6.61 Å². The second kappa shape index (κ2) is 8.07. The number of amides is 2. The monoisotopic (exact) mass is 371 g/mol. The number of rotatable bonds is 4. The summed E-state index contributed by atoms with van der Waals surface area (Å²) in [7, 11) is 4.71. The largest absolute Gasteiger partial charge is 0.457 e. The second-order valence-corrected chi connectivity index (χ2v) is 6.11. The van der Waals surface area contributed by atoms with Crippen LogP contribution in [0, 0.1) is 0 Å². The van der Waals surface area contributed by atoms with E-state index in [1.165, 1.54) is 12.1 Å². The molecule has 27 heavy (non-hydrogen) atoms. The van der Waals surface area contributed by atoms with Gasteiger partial charge in [-0.05, 0) is 12.1 Å². The predicted molar refractivity (Wildman–Crippen MR) is 96.8 cm³/mol. The van der Waals surface area contributed by atoms with Gasteiger partial charge in [0.1, 0.15) is 24.1 Å². The Labute approximate surface area is 157 Å². The molecule has 0 aromatic heterocycles. The molecule has 0 fully saturated rings. The average Bonchev–Trinajstić information content (AvgIpc) is 2.64. The van der Waals surface area contributed by atoms with Crippen LogP contribution in [0.5, 0.6) is 11.5 Å². The molecule has 0 radical (unpaired) electrons. The van der Waals surface area contributed by atoms with Crippen LogP contribution in [-0.4, -0.2) is 49.9 Å². The van der Waals surface area contributed by atoms with Crippen LogP contribution in [0.3, 0.4) is 0 Å². The molecule has 142 valence electrons. The molecule has 1 heterocycles. The normalized spacial score (nSPS) is 12.6. The smallest absolute Gasteiger partial charge is 0.366 e. The van der Waals surface area contributed by atoms with Crippen LogP contribution in [-0.2, 0) is 14.4 Å². The first-order valence-corrected chi connectivity index (χ1v) is 8.34. The topological polar surface area (TPSA) is 80.3 Å². The van der Waals surface area contributed by atoms with Gasteiger partial charge in [-0.2, -0.15) is 0 Å². The molecule has 3 rings (SSSR count). The van der Waals surface area contributed by atoms with Gasteiger partial charge in [-0.15, -0.1) is 5.06 Å². The highest BCUT2D eigenvalue weighted by atomic mass is 16.7. The molecule has 0 bridgehead atoms. The Hall–Kier alpha value is -3.10. The van der Waals surface area contributed by atoms with Crippen LogP contribution < -0.4 is 10.2 Å². The van der Waals surface area contributed by atoms with Gasteiger partial charge >= 0.3 is 12.0 Å². The summed E-state index contributed by atoms with van der Waals surface area (Å²) in [6.45, 7) is -0.280. The number of methoxy groups -OCH3 is 1. The zero-order chi connectivity index (χ0) is 19.4. The second-order valence-electron chi connectivity index (χ2n) is 6.11. The van der Waals surface area contributed by atoms with Gasteiger partial charge in [-0.25, -0.2) is 14.6 Å². The third-order valence-electron chi connectivity index (χ3n) is 3.86. The molecule has 0 unspecified atom stereocenters. The van der Waals surface area contributed by atoms with Gasteiger partial charge in [-0.3, -0.25) is 5.43 Å². The molecule has 2 aromatic carbocycles. The maximum Gasteiger partial charge on any atom is 0.366 e. The van der Waals surface area contributed by atoms with Gasteiger partial charge in [-0.1, -0.05) is 36.4 Å². The van der Waals surface area contributed by atoms with Crippen molar-refractivity contribution in [2.75, 3.05) is 27.8 Å². The summed E-state index contributed by atoms with van der Waals surface area (Å²) >= 11 is 0. The summed E-state index contributed by atoms with van der Waals surface area (Å²) in [5, 5.41) is 2.48. The number of fused-ring (bicyclic) bond motifs is 2. The Kier molecular flexibility index (Phi) is 5.58. The van der Waals surface area contributed by atoms with E-state index in [9.17, 15) is 9.59 Å². The van der Waals surface area contributed by atoms with Crippen molar-refractivity contribution in [2.45, 2.75) is 6.04 Å². The van der Waals surface area contributed by atoms with E-state index in [1.54, 1.807) is 26.2 Å². The lowest BCUT2D eigenvalue weighted by Crippen LogP contribution is -2.49. The fraction of sp³-hybridized carbons (Fsp3) is 0.263. The molecular weight excluding hydrogens is 350 g/mol. The molecule has 8 nitrogen and oxygen atoms in total. The van der Waals surface area contributed by atoms with Crippen LogP contribution in [0.2, 0.25) is 0 Å². The van der Waals surface area contributed by atoms with E-state index < -0.39 is 18.0 Å². The first-order chi connectivity index (χ1) is 13.0. The number of hydrogen-bond donors (Lipinski definition) is 1.